The van der Waals surface area contributed by atoms with E-state index in [1.807, 2.05) is 7.05 Å². The molecule has 1 N–H and O–H groups in total. The van der Waals surface area contributed by atoms with Gasteiger partial charge in [0.05, 0.1) is 6.04 Å². The summed E-state index contributed by atoms with van der Waals surface area (Å²) < 4.78 is 0. The average Bonchev–Trinajstić information content (AvgIpc) is 3.20. The summed E-state index contributed by atoms with van der Waals surface area (Å²) in [5.41, 5.74) is 2.62. The molecule has 1 amide bonds. The Balaban J connectivity index is 2.03. The van der Waals surface area contributed by atoms with Crippen LogP contribution in [0, 0.1) is 0 Å². The van der Waals surface area contributed by atoms with Crippen LogP contribution in [-0.4, -0.2) is 29.9 Å². The Morgan fingerprint density at radius 1 is 1.28 bits per heavy atom. The first kappa shape index (κ1) is 11.7. The fraction of sp³-hybridized carbons (Fsp3) is 0.533. The molecule has 0 bridgehead atoms. The fourth-order valence-corrected chi connectivity index (χ4v) is 3.02. The van der Waals surface area contributed by atoms with Gasteiger partial charge in [0.15, 0.2) is 0 Å². The minimum atomic E-state index is -0.0887. The molecule has 1 aliphatic heterocycles. The van der Waals surface area contributed by atoms with Crippen LogP contribution in [0.5, 0.6) is 0 Å². The van der Waals surface area contributed by atoms with Gasteiger partial charge in [-0.1, -0.05) is 31.2 Å². The number of nitrogens with zero attached hydrogens (tertiary/aromatic N) is 1. The van der Waals surface area contributed by atoms with Crippen molar-refractivity contribution in [3.05, 3.63) is 35.4 Å². The summed E-state index contributed by atoms with van der Waals surface area (Å²) in [4.78, 5) is 14.7. The molecule has 0 radical (unpaired) electrons. The summed E-state index contributed by atoms with van der Waals surface area (Å²) in [7, 11) is 1.89. The molecule has 2 atom stereocenters. The van der Waals surface area contributed by atoms with Crippen molar-refractivity contribution >= 4 is 5.91 Å². The molecule has 1 aliphatic carbocycles. The molecule has 2 aliphatic rings. The van der Waals surface area contributed by atoms with E-state index >= 15 is 0 Å². The molecule has 0 saturated heterocycles. The Labute approximate surface area is 108 Å². The van der Waals surface area contributed by atoms with E-state index in [9.17, 15) is 4.79 Å². The van der Waals surface area contributed by atoms with Crippen LogP contribution in [0.3, 0.4) is 0 Å². The highest BCUT2D eigenvalue weighted by Crippen LogP contribution is 2.35. The van der Waals surface area contributed by atoms with Gasteiger partial charge in [-0.15, -0.1) is 0 Å². The number of amides is 1. The highest BCUT2D eigenvalue weighted by molar-refractivity contribution is 5.84. The van der Waals surface area contributed by atoms with Gasteiger partial charge in [-0.2, -0.15) is 0 Å². The van der Waals surface area contributed by atoms with Crippen molar-refractivity contribution in [2.45, 2.75) is 44.3 Å². The molecule has 2 unspecified atom stereocenters. The second kappa shape index (κ2) is 4.39. The molecular weight excluding hydrogens is 224 g/mol. The Kier molecular flexibility index (Phi) is 2.86. The van der Waals surface area contributed by atoms with Gasteiger partial charge >= 0.3 is 0 Å². The Hall–Kier alpha value is -1.35. The number of rotatable bonds is 2. The Morgan fingerprint density at radius 2 is 2.00 bits per heavy atom. The van der Waals surface area contributed by atoms with Gasteiger partial charge in [0.25, 0.3) is 0 Å². The van der Waals surface area contributed by atoms with Gasteiger partial charge in [-0.3, -0.25) is 4.79 Å². The summed E-state index contributed by atoms with van der Waals surface area (Å²) in [6.45, 7) is 2.93. The van der Waals surface area contributed by atoms with E-state index in [0.29, 0.717) is 6.04 Å². The van der Waals surface area contributed by atoms with Crippen LogP contribution in [0.2, 0.25) is 0 Å². The summed E-state index contributed by atoms with van der Waals surface area (Å²) in [6.07, 6.45) is 2.33. The number of likely N-dealkylation sites (N-methyl/N-ethyl adjacent to an activating group) is 1. The van der Waals surface area contributed by atoms with Gasteiger partial charge in [-0.05, 0) is 31.0 Å². The first-order chi connectivity index (χ1) is 8.72. The second-order valence-corrected chi connectivity index (χ2v) is 5.45. The van der Waals surface area contributed by atoms with Crippen molar-refractivity contribution in [1.29, 1.82) is 0 Å². The molecule has 96 valence electrons. The molecule has 1 aromatic carbocycles. The van der Waals surface area contributed by atoms with Gasteiger partial charge < -0.3 is 10.2 Å². The Bertz CT molecular complexity index is 463. The maximum Gasteiger partial charge on any atom is 0.240 e. The standard InChI is InChI=1S/C15H20N2O/c1-10-13-6-4-3-5-11(13)9-17(12-7-8-12)15(18)14(10)16-2/h3-6,10,12,14,16H,7-9H2,1-2H3. The zero-order chi connectivity index (χ0) is 12.7. The summed E-state index contributed by atoms with van der Waals surface area (Å²) in [5, 5.41) is 3.21. The molecule has 3 nitrogen and oxygen atoms in total. The largest absolute Gasteiger partial charge is 0.334 e. The number of carbonyl (C=O) groups excluding carboxylic acids is 1. The van der Waals surface area contributed by atoms with Crippen molar-refractivity contribution in [3.8, 4) is 0 Å². The minimum absolute atomic E-state index is 0.0887. The highest BCUT2D eigenvalue weighted by Gasteiger charge is 2.40. The number of fused-ring (bicyclic) bond motifs is 1. The normalized spacial score (nSPS) is 27.9. The van der Waals surface area contributed by atoms with Crippen molar-refractivity contribution in [2.75, 3.05) is 7.05 Å². The fourth-order valence-electron chi connectivity index (χ4n) is 3.02. The predicted molar refractivity (Wildman–Crippen MR) is 71.3 cm³/mol. The molecule has 1 saturated carbocycles. The number of hydrogen-bond donors (Lipinski definition) is 1. The second-order valence-electron chi connectivity index (χ2n) is 5.45. The molecule has 1 heterocycles. The number of carbonyl (C=O) groups is 1. The summed E-state index contributed by atoms with van der Waals surface area (Å²) in [6, 6.07) is 8.85. The quantitative estimate of drug-likeness (QED) is 0.861. The minimum Gasteiger partial charge on any atom is -0.334 e. The van der Waals surface area contributed by atoms with E-state index in [2.05, 4.69) is 41.4 Å². The maximum atomic E-state index is 12.6. The van der Waals surface area contributed by atoms with Crippen molar-refractivity contribution in [3.63, 3.8) is 0 Å². The monoisotopic (exact) mass is 244 g/mol. The zero-order valence-electron chi connectivity index (χ0n) is 11.0. The van der Waals surface area contributed by atoms with Gasteiger partial charge in [0.1, 0.15) is 0 Å². The number of nitrogens with one attached hydrogen (secondary N) is 1. The third-order valence-corrected chi connectivity index (χ3v) is 4.23. The molecule has 1 fully saturated rings. The molecule has 3 rings (SSSR count). The zero-order valence-corrected chi connectivity index (χ0v) is 11.0. The van der Waals surface area contributed by atoms with Crippen LogP contribution in [0.15, 0.2) is 24.3 Å². The lowest BCUT2D eigenvalue weighted by molar-refractivity contribution is -0.134. The molecule has 3 heteroatoms. The highest BCUT2D eigenvalue weighted by atomic mass is 16.2. The molecule has 0 aromatic heterocycles. The SMILES string of the molecule is CNC1C(=O)N(C2CC2)Cc2ccccc2C1C. The first-order valence-electron chi connectivity index (χ1n) is 6.78. The van der Waals surface area contributed by atoms with Crippen LogP contribution in [0.25, 0.3) is 0 Å². The smallest absolute Gasteiger partial charge is 0.240 e. The first-order valence-corrected chi connectivity index (χ1v) is 6.78. The molecule has 1 aromatic rings. The van der Waals surface area contributed by atoms with E-state index in [0.717, 1.165) is 6.54 Å². The predicted octanol–water partition coefficient (Wildman–Crippen LogP) is 1.88. The van der Waals surface area contributed by atoms with Crippen LogP contribution >= 0.6 is 0 Å². The van der Waals surface area contributed by atoms with E-state index in [4.69, 9.17) is 0 Å². The lowest BCUT2D eigenvalue weighted by Crippen LogP contribution is -2.46. The molecular formula is C15H20N2O. The number of hydrogen-bond acceptors (Lipinski definition) is 2. The van der Waals surface area contributed by atoms with Crippen LogP contribution < -0.4 is 5.32 Å². The van der Waals surface area contributed by atoms with E-state index < -0.39 is 0 Å². The molecule has 0 spiro atoms. The van der Waals surface area contributed by atoms with Gasteiger partial charge in [0, 0.05) is 18.5 Å². The third-order valence-electron chi connectivity index (χ3n) is 4.23. The third kappa shape index (κ3) is 1.83. The van der Waals surface area contributed by atoms with Gasteiger partial charge in [0.2, 0.25) is 5.91 Å². The Morgan fingerprint density at radius 3 is 2.67 bits per heavy atom. The van der Waals surface area contributed by atoms with E-state index in [1.165, 1.54) is 24.0 Å². The van der Waals surface area contributed by atoms with Crippen LogP contribution in [0.4, 0.5) is 0 Å². The van der Waals surface area contributed by atoms with Crippen LogP contribution in [0.1, 0.15) is 36.8 Å². The summed E-state index contributed by atoms with van der Waals surface area (Å²) in [5.74, 6) is 0.506. The van der Waals surface area contributed by atoms with Crippen molar-refractivity contribution in [2.24, 2.45) is 0 Å². The average molecular weight is 244 g/mol. The topological polar surface area (TPSA) is 32.3 Å². The molecule has 18 heavy (non-hydrogen) atoms. The van der Waals surface area contributed by atoms with Gasteiger partial charge in [-0.25, -0.2) is 0 Å². The van der Waals surface area contributed by atoms with Crippen LogP contribution in [-0.2, 0) is 11.3 Å². The lowest BCUT2D eigenvalue weighted by atomic mass is 9.91. The van der Waals surface area contributed by atoms with E-state index in [-0.39, 0.29) is 17.9 Å². The lowest BCUT2D eigenvalue weighted by Gasteiger charge is -2.26. The van der Waals surface area contributed by atoms with Crippen molar-refractivity contribution in [1.82, 2.24) is 10.2 Å². The van der Waals surface area contributed by atoms with E-state index in [1.54, 1.807) is 0 Å². The summed E-state index contributed by atoms with van der Waals surface area (Å²) >= 11 is 0. The van der Waals surface area contributed by atoms with Crippen molar-refractivity contribution < 1.29 is 4.79 Å². The number of benzene rings is 1. The maximum absolute atomic E-state index is 12.6.